The Morgan fingerprint density at radius 1 is 1.25 bits per heavy atom. The van der Waals surface area contributed by atoms with E-state index in [1.54, 1.807) is 6.20 Å². The summed E-state index contributed by atoms with van der Waals surface area (Å²) < 4.78 is 7.05. The number of aromatic nitrogens is 1. The van der Waals surface area contributed by atoms with Crippen LogP contribution in [-0.4, -0.2) is 4.98 Å². The molecular weight excluding hydrogens is 314 g/mol. The summed E-state index contributed by atoms with van der Waals surface area (Å²) >= 11 is 3.45. The minimum absolute atomic E-state index is 0.123. The van der Waals surface area contributed by atoms with Crippen LogP contribution >= 0.6 is 15.9 Å². The van der Waals surface area contributed by atoms with Gasteiger partial charge in [0.05, 0.1) is 0 Å². The highest BCUT2D eigenvalue weighted by Gasteiger charge is 2.22. The first-order valence-electron chi connectivity index (χ1n) is 7.04. The van der Waals surface area contributed by atoms with Crippen molar-refractivity contribution < 1.29 is 4.74 Å². The van der Waals surface area contributed by atoms with Gasteiger partial charge in [0.2, 0.25) is 5.88 Å². The molecule has 0 radical (unpaired) electrons. The molecule has 1 aliphatic rings. The molecule has 0 saturated carbocycles. The Hall–Kier alpha value is -1.35. The predicted molar refractivity (Wildman–Crippen MR) is 84.2 cm³/mol. The van der Waals surface area contributed by atoms with E-state index in [9.17, 15) is 0 Å². The fourth-order valence-electron chi connectivity index (χ4n) is 2.56. The second kappa shape index (κ2) is 5.57. The number of fused-ring (bicyclic) bond motifs is 1. The summed E-state index contributed by atoms with van der Waals surface area (Å²) in [5.41, 5.74) is 3.80. The smallest absolute Gasteiger partial charge is 0.217 e. The van der Waals surface area contributed by atoms with Crippen molar-refractivity contribution in [1.82, 2.24) is 4.98 Å². The van der Waals surface area contributed by atoms with Gasteiger partial charge in [-0.1, -0.05) is 38.1 Å². The summed E-state index contributed by atoms with van der Waals surface area (Å²) in [7, 11) is 0. The maximum absolute atomic E-state index is 6.04. The third-order valence-electron chi connectivity index (χ3n) is 3.80. The fourth-order valence-corrected chi connectivity index (χ4v) is 2.94. The largest absolute Gasteiger partial charge is 0.469 e. The van der Waals surface area contributed by atoms with E-state index in [0.717, 1.165) is 23.2 Å². The molecule has 0 spiro atoms. The summed E-state index contributed by atoms with van der Waals surface area (Å²) in [5, 5.41) is 0. The lowest BCUT2D eigenvalue weighted by atomic mass is 9.96. The SMILES string of the molecule is CC(C)c1ccc(C2CCc3cc(Br)cnc3O2)cc1. The van der Waals surface area contributed by atoms with E-state index in [4.69, 9.17) is 4.74 Å². The van der Waals surface area contributed by atoms with E-state index in [0.29, 0.717) is 5.92 Å². The molecule has 2 aromatic rings. The van der Waals surface area contributed by atoms with Crippen molar-refractivity contribution in [3.05, 3.63) is 57.7 Å². The molecule has 1 aromatic carbocycles. The second-order valence-electron chi connectivity index (χ2n) is 5.58. The summed E-state index contributed by atoms with van der Waals surface area (Å²) in [6, 6.07) is 10.9. The van der Waals surface area contributed by atoms with Gasteiger partial charge in [-0.15, -0.1) is 0 Å². The van der Waals surface area contributed by atoms with Crippen LogP contribution in [0.25, 0.3) is 0 Å². The molecule has 2 nitrogen and oxygen atoms in total. The Balaban J connectivity index is 1.81. The Bertz CT molecular complexity index is 607. The molecule has 1 aliphatic heterocycles. The van der Waals surface area contributed by atoms with E-state index >= 15 is 0 Å². The Kier molecular flexibility index (Phi) is 3.79. The van der Waals surface area contributed by atoms with Crippen molar-refractivity contribution in [3.63, 3.8) is 0 Å². The zero-order chi connectivity index (χ0) is 14.1. The molecule has 3 heteroatoms. The molecule has 1 unspecified atom stereocenters. The molecule has 0 N–H and O–H groups in total. The molecule has 1 atom stereocenters. The van der Waals surface area contributed by atoms with Crippen molar-refractivity contribution in [2.45, 2.75) is 38.7 Å². The van der Waals surface area contributed by atoms with Gasteiger partial charge in [-0.05, 0) is 51.9 Å². The third-order valence-corrected chi connectivity index (χ3v) is 4.23. The summed E-state index contributed by atoms with van der Waals surface area (Å²) in [6.07, 6.45) is 3.94. The van der Waals surface area contributed by atoms with Gasteiger partial charge in [0, 0.05) is 16.2 Å². The van der Waals surface area contributed by atoms with Gasteiger partial charge in [-0.3, -0.25) is 0 Å². The topological polar surface area (TPSA) is 22.1 Å². The van der Waals surface area contributed by atoms with Crippen molar-refractivity contribution >= 4 is 15.9 Å². The van der Waals surface area contributed by atoms with E-state index in [1.165, 1.54) is 16.7 Å². The van der Waals surface area contributed by atoms with Crippen LogP contribution in [0.15, 0.2) is 41.0 Å². The first-order valence-corrected chi connectivity index (χ1v) is 7.83. The monoisotopic (exact) mass is 331 g/mol. The Morgan fingerprint density at radius 2 is 2.00 bits per heavy atom. The molecule has 0 fully saturated rings. The van der Waals surface area contributed by atoms with E-state index in [1.807, 2.05) is 0 Å². The van der Waals surface area contributed by atoms with Gasteiger partial charge < -0.3 is 4.74 Å². The number of benzene rings is 1. The first-order chi connectivity index (χ1) is 9.63. The lowest BCUT2D eigenvalue weighted by Crippen LogP contribution is -2.16. The van der Waals surface area contributed by atoms with Gasteiger partial charge in [0.1, 0.15) is 6.10 Å². The molecule has 1 aromatic heterocycles. The van der Waals surface area contributed by atoms with Crippen LogP contribution in [-0.2, 0) is 6.42 Å². The Labute approximate surface area is 128 Å². The van der Waals surface area contributed by atoms with Crippen molar-refractivity contribution in [1.29, 1.82) is 0 Å². The standard InChI is InChI=1S/C17H18BrNO/c1-11(2)12-3-5-13(6-4-12)16-8-7-14-9-15(18)10-19-17(14)20-16/h3-6,9-11,16H,7-8H2,1-2H3. The van der Waals surface area contributed by atoms with Crippen molar-refractivity contribution in [2.24, 2.45) is 0 Å². The van der Waals surface area contributed by atoms with E-state index in [2.05, 4.69) is 65.1 Å². The molecule has 20 heavy (non-hydrogen) atoms. The molecule has 104 valence electrons. The molecule has 0 aliphatic carbocycles. The van der Waals surface area contributed by atoms with Crippen molar-refractivity contribution in [2.75, 3.05) is 0 Å². The van der Waals surface area contributed by atoms with Gasteiger partial charge in [-0.2, -0.15) is 0 Å². The number of nitrogens with zero attached hydrogens (tertiary/aromatic N) is 1. The van der Waals surface area contributed by atoms with Crippen LogP contribution in [0.2, 0.25) is 0 Å². The van der Waals surface area contributed by atoms with Gasteiger partial charge >= 0.3 is 0 Å². The molecule has 3 rings (SSSR count). The van der Waals surface area contributed by atoms with Gasteiger partial charge in [-0.25, -0.2) is 4.98 Å². The van der Waals surface area contributed by atoms with Crippen molar-refractivity contribution in [3.8, 4) is 5.88 Å². The number of pyridine rings is 1. The average Bonchev–Trinajstić information content (AvgIpc) is 2.47. The number of hydrogen-bond donors (Lipinski definition) is 0. The normalized spacial score (nSPS) is 17.7. The molecule has 0 saturated heterocycles. The third kappa shape index (κ3) is 2.73. The number of halogens is 1. The minimum Gasteiger partial charge on any atom is -0.469 e. The average molecular weight is 332 g/mol. The number of hydrogen-bond acceptors (Lipinski definition) is 2. The van der Waals surface area contributed by atoms with E-state index in [-0.39, 0.29) is 6.10 Å². The van der Waals surface area contributed by atoms with Crippen LogP contribution in [0, 0.1) is 0 Å². The highest BCUT2D eigenvalue weighted by atomic mass is 79.9. The number of aryl methyl sites for hydroxylation is 1. The van der Waals surface area contributed by atoms with Crippen LogP contribution in [0.1, 0.15) is 49.0 Å². The molecular formula is C17H18BrNO. The Morgan fingerprint density at radius 3 is 2.70 bits per heavy atom. The van der Waals surface area contributed by atoms with Crippen LogP contribution in [0.3, 0.4) is 0 Å². The van der Waals surface area contributed by atoms with Gasteiger partial charge in [0.15, 0.2) is 0 Å². The van der Waals surface area contributed by atoms with Crippen LogP contribution < -0.4 is 4.74 Å². The maximum atomic E-state index is 6.04. The number of rotatable bonds is 2. The molecule has 0 amide bonds. The summed E-state index contributed by atoms with van der Waals surface area (Å²) in [6.45, 7) is 4.42. The van der Waals surface area contributed by atoms with E-state index < -0.39 is 0 Å². The second-order valence-corrected chi connectivity index (χ2v) is 6.50. The maximum Gasteiger partial charge on any atom is 0.217 e. The fraction of sp³-hybridized carbons (Fsp3) is 0.353. The van der Waals surface area contributed by atoms with Crippen LogP contribution in [0.5, 0.6) is 5.88 Å². The van der Waals surface area contributed by atoms with Gasteiger partial charge in [0.25, 0.3) is 0 Å². The molecule has 2 heterocycles. The zero-order valence-electron chi connectivity index (χ0n) is 11.8. The summed E-state index contributed by atoms with van der Waals surface area (Å²) in [5.74, 6) is 1.34. The lowest BCUT2D eigenvalue weighted by Gasteiger charge is -2.25. The van der Waals surface area contributed by atoms with Crippen LogP contribution in [0.4, 0.5) is 0 Å². The first kappa shape index (κ1) is 13.6. The lowest BCUT2D eigenvalue weighted by molar-refractivity contribution is 0.168. The predicted octanol–water partition coefficient (Wildman–Crippen LogP) is 5.03. The molecule has 0 bridgehead atoms. The summed E-state index contributed by atoms with van der Waals surface area (Å²) in [4.78, 5) is 4.37. The highest BCUT2D eigenvalue weighted by molar-refractivity contribution is 9.10. The highest BCUT2D eigenvalue weighted by Crippen LogP contribution is 2.34. The minimum atomic E-state index is 0.123. The number of ether oxygens (including phenoxy) is 1. The zero-order valence-corrected chi connectivity index (χ0v) is 13.4. The quantitative estimate of drug-likeness (QED) is 0.769.